The van der Waals surface area contributed by atoms with E-state index in [-0.39, 0.29) is 6.61 Å². The number of aromatic amines is 1. The van der Waals surface area contributed by atoms with Crippen LogP contribution in [0.1, 0.15) is 0 Å². The number of rotatable bonds is 6. The fourth-order valence-electron chi connectivity index (χ4n) is 1.59. The van der Waals surface area contributed by atoms with Crippen molar-refractivity contribution in [3.63, 3.8) is 0 Å². The molecule has 0 bridgehead atoms. The van der Waals surface area contributed by atoms with Crippen molar-refractivity contribution in [3.8, 4) is 0 Å². The number of nitrogens with zero attached hydrogens (tertiary/aromatic N) is 2. The van der Waals surface area contributed by atoms with Crippen LogP contribution in [0, 0.1) is 0 Å². The van der Waals surface area contributed by atoms with Crippen molar-refractivity contribution in [1.29, 1.82) is 0 Å². The maximum Gasteiger partial charge on any atom is 0.203 e. The summed E-state index contributed by atoms with van der Waals surface area (Å²) >= 11 is 0. The Labute approximate surface area is 100 Å². The van der Waals surface area contributed by atoms with Crippen molar-refractivity contribution < 1.29 is 9.84 Å². The molecule has 5 nitrogen and oxygen atoms in total. The number of para-hydroxylation sites is 2. The van der Waals surface area contributed by atoms with Gasteiger partial charge < -0.3 is 19.7 Å². The fraction of sp³-hybridized carbons (Fsp3) is 0.417. The first-order chi connectivity index (χ1) is 8.31. The van der Waals surface area contributed by atoms with Crippen molar-refractivity contribution in [2.45, 2.75) is 0 Å². The minimum atomic E-state index is 0.0638. The standard InChI is InChI=1S/C12H17N3O2/c1-15(6-8-17-9-7-16)12-13-10-4-2-3-5-11(10)14-12/h2-5,16H,6-9H2,1H3,(H,13,14). The predicted molar refractivity (Wildman–Crippen MR) is 67.3 cm³/mol. The van der Waals surface area contributed by atoms with Crippen LogP contribution in [-0.2, 0) is 4.74 Å². The van der Waals surface area contributed by atoms with Crippen LogP contribution in [0.4, 0.5) is 5.95 Å². The second-order valence-corrected chi connectivity index (χ2v) is 3.84. The highest BCUT2D eigenvalue weighted by Gasteiger charge is 2.06. The van der Waals surface area contributed by atoms with Gasteiger partial charge in [-0.3, -0.25) is 0 Å². The van der Waals surface area contributed by atoms with Crippen LogP contribution >= 0.6 is 0 Å². The molecule has 0 unspecified atom stereocenters. The normalized spacial score (nSPS) is 10.9. The number of imidazole rings is 1. The summed E-state index contributed by atoms with van der Waals surface area (Å²) in [7, 11) is 1.96. The maximum absolute atomic E-state index is 8.59. The number of benzene rings is 1. The van der Waals surface area contributed by atoms with Gasteiger partial charge in [0.2, 0.25) is 5.95 Å². The second-order valence-electron chi connectivity index (χ2n) is 3.84. The van der Waals surface area contributed by atoms with Gasteiger partial charge in [0.25, 0.3) is 0 Å². The number of hydrogen-bond acceptors (Lipinski definition) is 4. The Hall–Kier alpha value is -1.59. The highest BCUT2D eigenvalue weighted by Crippen LogP contribution is 2.15. The third-order valence-corrected chi connectivity index (χ3v) is 2.55. The summed E-state index contributed by atoms with van der Waals surface area (Å²) < 4.78 is 5.22. The van der Waals surface area contributed by atoms with Gasteiger partial charge in [0.1, 0.15) is 0 Å². The van der Waals surface area contributed by atoms with Crippen molar-refractivity contribution in [2.75, 3.05) is 38.3 Å². The number of aliphatic hydroxyl groups excluding tert-OH is 1. The molecule has 2 rings (SSSR count). The number of fused-ring (bicyclic) bond motifs is 1. The van der Waals surface area contributed by atoms with Gasteiger partial charge in [-0.25, -0.2) is 4.98 Å². The van der Waals surface area contributed by atoms with Crippen molar-refractivity contribution >= 4 is 17.0 Å². The number of aromatic nitrogens is 2. The Morgan fingerprint density at radius 2 is 2.18 bits per heavy atom. The van der Waals surface area contributed by atoms with E-state index >= 15 is 0 Å². The first kappa shape index (κ1) is 11.9. The molecule has 2 N–H and O–H groups in total. The molecule has 0 aliphatic rings. The molecule has 0 spiro atoms. The molecule has 0 radical (unpaired) electrons. The zero-order chi connectivity index (χ0) is 12.1. The number of anilines is 1. The van der Waals surface area contributed by atoms with Gasteiger partial charge in [0.15, 0.2) is 0 Å². The monoisotopic (exact) mass is 235 g/mol. The van der Waals surface area contributed by atoms with E-state index in [0.29, 0.717) is 13.2 Å². The molecule has 0 atom stereocenters. The van der Waals surface area contributed by atoms with E-state index in [1.807, 2.05) is 36.2 Å². The average molecular weight is 235 g/mol. The summed E-state index contributed by atoms with van der Waals surface area (Å²) in [6.07, 6.45) is 0. The lowest BCUT2D eigenvalue weighted by atomic mass is 10.3. The molecule has 0 aliphatic heterocycles. The Morgan fingerprint density at radius 1 is 1.35 bits per heavy atom. The molecule has 0 saturated heterocycles. The van der Waals surface area contributed by atoms with Crippen LogP contribution in [0.25, 0.3) is 11.0 Å². The van der Waals surface area contributed by atoms with Gasteiger partial charge >= 0.3 is 0 Å². The Balaban J connectivity index is 1.96. The summed E-state index contributed by atoms with van der Waals surface area (Å²) in [4.78, 5) is 9.72. The molecule has 1 aromatic heterocycles. The molecule has 17 heavy (non-hydrogen) atoms. The van der Waals surface area contributed by atoms with E-state index < -0.39 is 0 Å². The number of hydrogen-bond donors (Lipinski definition) is 2. The number of aliphatic hydroxyl groups is 1. The molecule has 2 aromatic rings. The van der Waals surface area contributed by atoms with E-state index in [9.17, 15) is 0 Å². The minimum Gasteiger partial charge on any atom is -0.394 e. The molecule has 0 amide bonds. The quantitative estimate of drug-likeness (QED) is 0.733. The van der Waals surface area contributed by atoms with E-state index in [4.69, 9.17) is 9.84 Å². The molecule has 1 heterocycles. The first-order valence-corrected chi connectivity index (χ1v) is 5.66. The number of ether oxygens (including phenoxy) is 1. The zero-order valence-corrected chi connectivity index (χ0v) is 9.89. The van der Waals surface area contributed by atoms with Crippen molar-refractivity contribution in [2.24, 2.45) is 0 Å². The molecule has 0 aliphatic carbocycles. The Morgan fingerprint density at radius 3 is 2.94 bits per heavy atom. The maximum atomic E-state index is 8.59. The van der Waals surface area contributed by atoms with E-state index in [1.54, 1.807) is 0 Å². The van der Waals surface area contributed by atoms with Crippen molar-refractivity contribution in [1.82, 2.24) is 9.97 Å². The van der Waals surface area contributed by atoms with Crippen LogP contribution in [0.15, 0.2) is 24.3 Å². The highest BCUT2D eigenvalue weighted by atomic mass is 16.5. The van der Waals surface area contributed by atoms with Crippen LogP contribution in [0.3, 0.4) is 0 Å². The summed E-state index contributed by atoms with van der Waals surface area (Å²) in [5, 5.41) is 8.59. The molecule has 0 fully saturated rings. The highest BCUT2D eigenvalue weighted by molar-refractivity contribution is 5.77. The summed E-state index contributed by atoms with van der Waals surface area (Å²) in [5.74, 6) is 0.832. The Bertz CT molecular complexity index is 436. The lowest BCUT2D eigenvalue weighted by Gasteiger charge is -2.15. The minimum absolute atomic E-state index is 0.0638. The average Bonchev–Trinajstić information content (AvgIpc) is 2.78. The van der Waals surface area contributed by atoms with Gasteiger partial charge in [0.05, 0.1) is 30.9 Å². The van der Waals surface area contributed by atoms with Gasteiger partial charge in [-0.15, -0.1) is 0 Å². The topological polar surface area (TPSA) is 61.4 Å². The van der Waals surface area contributed by atoms with E-state index in [1.165, 1.54) is 0 Å². The molecule has 1 aromatic carbocycles. The number of likely N-dealkylation sites (N-methyl/N-ethyl adjacent to an activating group) is 1. The SMILES string of the molecule is CN(CCOCCO)c1nc2ccccc2[nH]1. The van der Waals surface area contributed by atoms with Crippen molar-refractivity contribution in [3.05, 3.63) is 24.3 Å². The zero-order valence-electron chi connectivity index (χ0n) is 9.89. The lowest BCUT2D eigenvalue weighted by Crippen LogP contribution is -2.24. The number of nitrogens with one attached hydrogen (secondary N) is 1. The lowest BCUT2D eigenvalue weighted by molar-refractivity contribution is 0.0970. The molecule has 5 heteroatoms. The smallest absolute Gasteiger partial charge is 0.203 e. The van der Waals surface area contributed by atoms with Crippen LogP contribution in [0.2, 0.25) is 0 Å². The summed E-state index contributed by atoms with van der Waals surface area (Å²) in [6.45, 7) is 1.76. The predicted octanol–water partition coefficient (Wildman–Crippen LogP) is 1.01. The third kappa shape index (κ3) is 2.95. The molecular weight excluding hydrogens is 218 g/mol. The molecular formula is C12H17N3O2. The summed E-state index contributed by atoms with van der Waals surface area (Å²) in [5.41, 5.74) is 2.00. The largest absolute Gasteiger partial charge is 0.394 e. The molecule has 0 saturated carbocycles. The van der Waals surface area contributed by atoms with E-state index in [0.717, 1.165) is 23.5 Å². The summed E-state index contributed by atoms with van der Waals surface area (Å²) in [6, 6.07) is 7.93. The van der Waals surface area contributed by atoms with Crippen LogP contribution < -0.4 is 4.90 Å². The Kier molecular flexibility index (Phi) is 3.95. The van der Waals surface area contributed by atoms with Gasteiger partial charge in [-0.05, 0) is 12.1 Å². The van der Waals surface area contributed by atoms with Gasteiger partial charge in [-0.2, -0.15) is 0 Å². The second kappa shape index (κ2) is 5.65. The fourth-order valence-corrected chi connectivity index (χ4v) is 1.59. The van der Waals surface area contributed by atoms with Crippen LogP contribution in [-0.4, -0.2) is 48.5 Å². The first-order valence-electron chi connectivity index (χ1n) is 5.66. The third-order valence-electron chi connectivity index (χ3n) is 2.55. The van der Waals surface area contributed by atoms with Gasteiger partial charge in [-0.1, -0.05) is 12.1 Å². The van der Waals surface area contributed by atoms with Gasteiger partial charge in [0, 0.05) is 13.6 Å². The molecule has 92 valence electrons. The number of H-pyrrole nitrogens is 1. The van der Waals surface area contributed by atoms with E-state index in [2.05, 4.69) is 9.97 Å². The van der Waals surface area contributed by atoms with Crippen LogP contribution in [0.5, 0.6) is 0 Å².